The van der Waals surface area contributed by atoms with Crippen molar-refractivity contribution < 1.29 is 14.3 Å². The van der Waals surface area contributed by atoms with Gasteiger partial charge in [0, 0.05) is 36.0 Å². The van der Waals surface area contributed by atoms with Crippen LogP contribution >= 0.6 is 0 Å². The average molecular weight is 525 g/mol. The molecule has 202 valence electrons. The second-order valence-corrected chi connectivity index (χ2v) is 10.9. The van der Waals surface area contributed by atoms with Gasteiger partial charge in [-0.1, -0.05) is 55.7 Å². The number of hydrogen-bond acceptors (Lipinski definition) is 5. The maximum absolute atomic E-state index is 14.1. The van der Waals surface area contributed by atoms with Crippen LogP contribution < -0.4 is 15.4 Å². The number of benzene rings is 2. The van der Waals surface area contributed by atoms with Crippen molar-refractivity contribution in [3.05, 3.63) is 89.7 Å². The number of nitrogens with zero attached hydrogens (tertiary/aromatic N) is 2. The highest BCUT2D eigenvalue weighted by molar-refractivity contribution is 6.01. The smallest absolute Gasteiger partial charge is 0.255 e. The van der Waals surface area contributed by atoms with E-state index in [1.807, 2.05) is 54.9 Å². The Morgan fingerprint density at radius 3 is 2.51 bits per heavy atom. The SMILES string of the molecule is COc1ccccc1C(=O)NC(C)(CC1C=Nc2ccccc21)C(=O)NCC1(c2ccccn2)CCCCC1. The van der Waals surface area contributed by atoms with E-state index < -0.39 is 5.54 Å². The van der Waals surface area contributed by atoms with E-state index in [-0.39, 0.29) is 23.1 Å². The summed E-state index contributed by atoms with van der Waals surface area (Å²) in [6, 6.07) is 21.0. The van der Waals surface area contributed by atoms with Crippen molar-refractivity contribution in [2.45, 2.75) is 62.3 Å². The van der Waals surface area contributed by atoms with Crippen LogP contribution in [0.15, 0.2) is 77.9 Å². The summed E-state index contributed by atoms with van der Waals surface area (Å²) in [5.74, 6) is -0.217. The van der Waals surface area contributed by atoms with E-state index in [9.17, 15) is 9.59 Å². The molecule has 0 saturated heterocycles. The number of rotatable bonds is 9. The molecule has 2 aliphatic rings. The van der Waals surface area contributed by atoms with Crippen molar-refractivity contribution in [3.63, 3.8) is 0 Å². The third-order valence-electron chi connectivity index (χ3n) is 8.21. The van der Waals surface area contributed by atoms with Gasteiger partial charge in [-0.15, -0.1) is 0 Å². The van der Waals surface area contributed by atoms with Crippen molar-refractivity contribution in [1.29, 1.82) is 0 Å². The topological polar surface area (TPSA) is 92.7 Å². The zero-order chi connectivity index (χ0) is 27.3. The molecule has 0 bridgehead atoms. The highest BCUT2D eigenvalue weighted by Crippen LogP contribution is 2.39. The Morgan fingerprint density at radius 2 is 1.74 bits per heavy atom. The maximum atomic E-state index is 14.1. The Morgan fingerprint density at radius 1 is 1.00 bits per heavy atom. The monoisotopic (exact) mass is 524 g/mol. The molecule has 1 saturated carbocycles. The summed E-state index contributed by atoms with van der Waals surface area (Å²) in [7, 11) is 1.53. The minimum atomic E-state index is -1.20. The lowest BCUT2D eigenvalue weighted by Crippen LogP contribution is -2.59. The second-order valence-electron chi connectivity index (χ2n) is 10.9. The summed E-state index contributed by atoms with van der Waals surface area (Å²) < 4.78 is 5.42. The largest absolute Gasteiger partial charge is 0.496 e. The predicted octanol–water partition coefficient (Wildman–Crippen LogP) is 5.49. The number of aliphatic imine (C=N–C) groups is 1. The number of carbonyl (C=O) groups is 2. The van der Waals surface area contributed by atoms with Crippen LogP contribution in [0.25, 0.3) is 0 Å². The number of fused-ring (bicyclic) bond motifs is 1. The van der Waals surface area contributed by atoms with Crippen LogP contribution in [0, 0.1) is 0 Å². The highest BCUT2D eigenvalue weighted by Gasteiger charge is 2.42. The fourth-order valence-corrected chi connectivity index (χ4v) is 6.00. The van der Waals surface area contributed by atoms with Gasteiger partial charge < -0.3 is 15.4 Å². The normalized spacial score (nSPS) is 19.0. The second kappa shape index (κ2) is 11.4. The first-order valence-electron chi connectivity index (χ1n) is 13.7. The Balaban J connectivity index is 1.42. The first-order chi connectivity index (χ1) is 18.9. The summed E-state index contributed by atoms with van der Waals surface area (Å²) in [4.78, 5) is 36.9. The lowest BCUT2D eigenvalue weighted by Gasteiger charge is -2.39. The summed E-state index contributed by atoms with van der Waals surface area (Å²) in [6.07, 6.45) is 9.40. The fourth-order valence-electron chi connectivity index (χ4n) is 6.00. The van der Waals surface area contributed by atoms with Gasteiger partial charge in [0.1, 0.15) is 11.3 Å². The van der Waals surface area contributed by atoms with Crippen LogP contribution in [0.5, 0.6) is 5.75 Å². The van der Waals surface area contributed by atoms with Gasteiger partial charge in [-0.25, -0.2) is 0 Å². The van der Waals surface area contributed by atoms with Crippen LogP contribution in [-0.4, -0.2) is 42.2 Å². The number of methoxy groups -OCH3 is 1. The van der Waals surface area contributed by atoms with Crippen molar-refractivity contribution in [1.82, 2.24) is 15.6 Å². The van der Waals surface area contributed by atoms with E-state index in [1.165, 1.54) is 13.5 Å². The third-order valence-corrected chi connectivity index (χ3v) is 8.21. The van der Waals surface area contributed by atoms with Crippen molar-refractivity contribution >= 4 is 23.7 Å². The van der Waals surface area contributed by atoms with Crippen molar-refractivity contribution in [2.75, 3.05) is 13.7 Å². The molecule has 39 heavy (non-hydrogen) atoms. The van der Waals surface area contributed by atoms with Gasteiger partial charge in [0.15, 0.2) is 0 Å². The molecule has 5 rings (SSSR count). The molecule has 2 unspecified atom stereocenters. The third kappa shape index (κ3) is 5.58. The molecule has 2 amide bonds. The van der Waals surface area contributed by atoms with E-state index in [2.05, 4.69) is 26.7 Å². The molecule has 7 heteroatoms. The molecular weight excluding hydrogens is 488 g/mol. The van der Waals surface area contributed by atoms with Crippen molar-refractivity contribution in [2.24, 2.45) is 4.99 Å². The van der Waals surface area contributed by atoms with Gasteiger partial charge >= 0.3 is 0 Å². The summed E-state index contributed by atoms with van der Waals surface area (Å²) in [5.41, 5.74) is 1.94. The molecular formula is C32H36N4O3. The lowest BCUT2D eigenvalue weighted by atomic mass is 9.71. The highest BCUT2D eigenvalue weighted by atomic mass is 16.5. The number of pyridine rings is 1. The first kappa shape index (κ1) is 26.6. The van der Waals surface area contributed by atoms with Crippen LogP contribution in [0.4, 0.5) is 5.69 Å². The van der Waals surface area contributed by atoms with Gasteiger partial charge in [0.2, 0.25) is 5.91 Å². The zero-order valence-corrected chi connectivity index (χ0v) is 22.7. The Bertz CT molecular complexity index is 1350. The molecule has 7 nitrogen and oxygen atoms in total. The van der Waals surface area contributed by atoms with Crippen molar-refractivity contribution in [3.8, 4) is 5.75 Å². The number of nitrogens with one attached hydrogen (secondary N) is 2. The number of carbonyl (C=O) groups excluding carboxylic acids is 2. The molecule has 2 heterocycles. The Labute approximate surface area is 230 Å². The number of ether oxygens (including phenoxy) is 1. The molecule has 2 N–H and O–H groups in total. The predicted molar refractivity (Wildman–Crippen MR) is 153 cm³/mol. The minimum absolute atomic E-state index is 0.102. The molecule has 2 atom stereocenters. The number of aromatic nitrogens is 1. The molecule has 0 spiro atoms. The maximum Gasteiger partial charge on any atom is 0.255 e. The number of amides is 2. The van der Waals surface area contributed by atoms with Crippen LogP contribution in [0.3, 0.4) is 0 Å². The number of para-hydroxylation sites is 2. The van der Waals surface area contributed by atoms with Crippen LogP contribution in [-0.2, 0) is 10.2 Å². The molecule has 3 aromatic rings. The van der Waals surface area contributed by atoms with Gasteiger partial charge in [0.05, 0.1) is 18.4 Å². The standard InChI is InChI=1S/C32H36N4O3/c1-31(20-23-21-34-26-14-6-4-12-24(23)26,36-29(37)25-13-5-7-15-27(25)39-2)30(38)35-22-32(17-9-3-10-18-32)28-16-8-11-19-33-28/h4-8,11-16,19,21,23H,3,9-10,17-18,20,22H2,1-2H3,(H,35,38)(H,36,37). The summed E-state index contributed by atoms with van der Waals surface area (Å²) >= 11 is 0. The van der Waals surface area contributed by atoms with Gasteiger partial charge in [-0.05, 0) is 62.1 Å². The lowest BCUT2D eigenvalue weighted by molar-refractivity contribution is -0.127. The van der Waals surface area contributed by atoms with E-state index in [1.54, 1.807) is 25.1 Å². The molecule has 1 aliphatic heterocycles. The first-order valence-corrected chi connectivity index (χ1v) is 13.7. The van der Waals surface area contributed by atoms with E-state index in [0.717, 1.165) is 42.6 Å². The molecule has 0 radical (unpaired) electrons. The van der Waals surface area contributed by atoms with Crippen LogP contribution in [0.1, 0.15) is 73.0 Å². The van der Waals surface area contributed by atoms with E-state index in [0.29, 0.717) is 24.3 Å². The fraction of sp³-hybridized carbons (Fsp3) is 0.375. The molecule has 1 aliphatic carbocycles. The average Bonchev–Trinajstić information content (AvgIpc) is 3.39. The summed E-state index contributed by atoms with van der Waals surface area (Å²) in [5, 5.41) is 6.32. The van der Waals surface area contributed by atoms with E-state index in [4.69, 9.17) is 4.74 Å². The molecule has 1 fully saturated rings. The van der Waals surface area contributed by atoms with Gasteiger partial charge in [-0.3, -0.25) is 19.6 Å². The Hall–Kier alpha value is -4.00. The van der Waals surface area contributed by atoms with Gasteiger partial charge in [0.25, 0.3) is 5.91 Å². The zero-order valence-electron chi connectivity index (χ0n) is 22.7. The van der Waals surface area contributed by atoms with Gasteiger partial charge in [-0.2, -0.15) is 0 Å². The molecule has 2 aromatic carbocycles. The molecule has 1 aromatic heterocycles. The van der Waals surface area contributed by atoms with Crippen LogP contribution in [0.2, 0.25) is 0 Å². The van der Waals surface area contributed by atoms with E-state index >= 15 is 0 Å². The Kier molecular flexibility index (Phi) is 7.77. The minimum Gasteiger partial charge on any atom is -0.496 e. The number of hydrogen-bond donors (Lipinski definition) is 2. The quantitative estimate of drug-likeness (QED) is 0.387. The summed E-state index contributed by atoms with van der Waals surface area (Å²) in [6.45, 7) is 2.27.